The summed E-state index contributed by atoms with van der Waals surface area (Å²) in [6.07, 6.45) is 3.09. The molecular formula is C16H14ClFN4O2S. The molecule has 0 radical (unpaired) electrons. The fraction of sp³-hybridized carbons (Fsp3) is 0.188. The van der Waals surface area contributed by atoms with E-state index < -0.39 is 5.82 Å². The van der Waals surface area contributed by atoms with Crippen LogP contribution in [0.3, 0.4) is 0 Å². The molecule has 0 aliphatic heterocycles. The Morgan fingerprint density at radius 3 is 3.08 bits per heavy atom. The van der Waals surface area contributed by atoms with E-state index in [-0.39, 0.29) is 11.6 Å². The van der Waals surface area contributed by atoms with E-state index in [0.717, 1.165) is 5.75 Å². The Morgan fingerprint density at radius 2 is 2.28 bits per heavy atom. The first kappa shape index (κ1) is 17.5. The molecule has 0 fully saturated rings. The zero-order valence-electron chi connectivity index (χ0n) is 13.2. The second-order valence-corrected chi connectivity index (χ2v) is 6.44. The number of nitrogens with zero attached hydrogens (tertiary/aromatic N) is 4. The summed E-state index contributed by atoms with van der Waals surface area (Å²) in [6, 6.07) is 7.49. The van der Waals surface area contributed by atoms with Gasteiger partial charge in [-0.05, 0) is 36.1 Å². The molecule has 2 heterocycles. The monoisotopic (exact) mass is 380 g/mol. The van der Waals surface area contributed by atoms with Crippen LogP contribution in [-0.2, 0) is 6.61 Å². The molecule has 0 aliphatic rings. The molecule has 0 unspecified atom stereocenters. The zero-order chi connectivity index (χ0) is 17.6. The van der Waals surface area contributed by atoms with E-state index in [0.29, 0.717) is 22.4 Å². The first-order valence-corrected chi connectivity index (χ1v) is 8.76. The molecule has 0 amide bonds. The summed E-state index contributed by atoms with van der Waals surface area (Å²) < 4.78 is 25.7. The van der Waals surface area contributed by atoms with Crippen molar-refractivity contribution < 1.29 is 13.5 Å². The van der Waals surface area contributed by atoms with Crippen LogP contribution >= 0.6 is 23.4 Å². The predicted octanol–water partition coefficient (Wildman–Crippen LogP) is 4.24. The van der Waals surface area contributed by atoms with Crippen LogP contribution in [0, 0.1) is 5.82 Å². The van der Waals surface area contributed by atoms with Gasteiger partial charge in [-0.3, -0.25) is 0 Å². The van der Waals surface area contributed by atoms with Crippen LogP contribution in [0.15, 0.2) is 51.3 Å². The summed E-state index contributed by atoms with van der Waals surface area (Å²) in [7, 11) is 0. The van der Waals surface area contributed by atoms with Crippen molar-refractivity contribution >= 4 is 29.6 Å². The van der Waals surface area contributed by atoms with Crippen molar-refractivity contribution in [1.29, 1.82) is 0 Å². The SMILES string of the molecule is CCSc1nncn1N=Cc1ccc(COc2ccc(F)cc2Cl)o1. The van der Waals surface area contributed by atoms with Gasteiger partial charge in [-0.2, -0.15) is 9.78 Å². The summed E-state index contributed by atoms with van der Waals surface area (Å²) >= 11 is 7.46. The maximum atomic E-state index is 13.0. The number of furan rings is 1. The number of ether oxygens (including phenoxy) is 1. The molecule has 25 heavy (non-hydrogen) atoms. The summed E-state index contributed by atoms with van der Waals surface area (Å²) in [6.45, 7) is 2.20. The number of aromatic nitrogens is 3. The third kappa shape index (κ3) is 4.61. The standard InChI is InChI=1S/C16H14ClFN4O2S/c1-2-25-16-21-19-10-22(16)20-8-12-4-5-13(24-12)9-23-15-6-3-11(18)7-14(15)17/h3-8,10H,2,9H2,1H3. The van der Waals surface area contributed by atoms with Gasteiger partial charge in [0.1, 0.15) is 36.0 Å². The topological polar surface area (TPSA) is 65.4 Å². The molecule has 0 bridgehead atoms. The molecule has 0 saturated heterocycles. The van der Waals surface area contributed by atoms with Crippen molar-refractivity contribution in [3.05, 3.63) is 59.0 Å². The maximum Gasteiger partial charge on any atom is 0.211 e. The number of rotatable bonds is 7. The smallest absolute Gasteiger partial charge is 0.211 e. The van der Waals surface area contributed by atoms with Crippen molar-refractivity contribution in [2.24, 2.45) is 5.10 Å². The lowest BCUT2D eigenvalue weighted by Gasteiger charge is -2.05. The Morgan fingerprint density at radius 1 is 1.40 bits per heavy atom. The van der Waals surface area contributed by atoms with E-state index in [9.17, 15) is 4.39 Å². The van der Waals surface area contributed by atoms with Gasteiger partial charge in [-0.1, -0.05) is 30.3 Å². The molecular weight excluding hydrogens is 367 g/mol. The molecule has 0 saturated carbocycles. The van der Waals surface area contributed by atoms with Crippen LogP contribution in [0.5, 0.6) is 5.75 Å². The molecule has 3 aromatic rings. The van der Waals surface area contributed by atoms with Gasteiger partial charge in [0.05, 0.1) is 11.2 Å². The number of hydrogen-bond donors (Lipinski definition) is 0. The molecule has 0 aliphatic carbocycles. The van der Waals surface area contributed by atoms with E-state index in [2.05, 4.69) is 15.3 Å². The minimum absolute atomic E-state index is 0.169. The van der Waals surface area contributed by atoms with E-state index in [1.54, 1.807) is 34.8 Å². The Hall–Kier alpha value is -2.32. The summed E-state index contributed by atoms with van der Waals surface area (Å²) in [4.78, 5) is 0. The summed E-state index contributed by atoms with van der Waals surface area (Å²) in [5.41, 5.74) is 0. The minimum Gasteiger partial charge on any atom is -0.484 e. The fourth-order valence-corrected chi connectivity index (χ4v) is 2.74. The van der Waals surface area contributed by atoms with Crippen LogP contribution < -0.4 is 4.74 Å². The Balaban J connectivity index is 1.62. The predicted molar refractivity (Wildman–Crippen MR) is 93.9 cm³/mol. The van der Waals surface area contributed by atoms with Crippen LogP contribution in [-0.4, -0.2) is 26.8 Å². The third-order valence-electron chi connectivity index (χ3n) is 3.03. The quantitative estimate of drug-likeness (QED) is 0.453. The molecule has 0 atom stereocenters. The Bertz CT molecular complexity index is 881. The van der Waals surface area contributed by atoms with Gasteiger partial charge >= 0.3 is 0 Å². The van der Waals surface area contributed by atoms with Gasteiger partial charge in [-0.15, -0.1) is 10.2 Å². The van der Waals surface area contributed by atoms with E-state index in [4.69, 9.17) is 20.8 Å². The van der Waals surface area contributed by atoms with E-state index in [1.165, 1.54) is 24.5 Å². The van der Waals surface area contributed by atoms with Crippen molar-refractivity contribution in [1.82, 2.24) is 14.9 Å². The van der Waals surface area contributed by atoms with Crippen LogP contribution in [0.4, 0.5) is 4.39 Å². The van der Waals surface area contributed by atoms with Gasteiger partial charge in [-0.25, -0.2) is 4.39 Å². The second kappa shape index (κ2) is 8.17. The average molecular weight is 381 g/mol. The van der Waals surface area contributed by atoms with Crippen LogP contribution in [0.2, 0.25) is 5.02 Å². The van der Waals surface area contributed by atoms with Crippen LogP contribution in [0.25, 0.3) is 0 Å². The van der Waals surface area contributed by atoms with Crippen molar-refractivity contribution in [3.63, 3.8) is 0 Å². The lowest BCUT2D eigenvalue weighted by Crippen LogP contribution is -1.95. The molecule has 2 aromatic heterocycles. The van der Waals surface area contributed by atoms with Gasteiger partial charge in [0.15, 0.2) is 0 Å². The van der Waals surface area contributed by atoms with Crippen molar-refractivity contribution in [2.75, 3.05) is 5.75 Å². The van der Waals surface area contributed by atoms with Crippen molar-refractivity contribution in [2.45, 2.75) is 18.7 Å². The fourth-order valence-electron chi connectivity index (χ4n) is 1.92. The van der Waals surface area contributed by atoms with Gasteiger partial charge in [0.25, 0.3) is 0 Å². The molecule has 6 nitrogen and oxygen atoms in total. The molecule has 3 rings (SSSR count). The number of thioether (sulfide) groups is 1. The molecule has 0 spiro atoms. The molecule has 0 N–H and O–H groups in total. The molecule has 9 heteroatoms. The highest BCUT2D eigenvalue weighted by atomic mass is 35.5. The van der Waals surface area contributed by atoms with Gasteiger partial charge < -0.3 is 9.15 Å². The summed E-state index contributed by atoms with van der Waals surface area (Å²) in [5.74, 6) is 2.00. The lowest BCUT2D eigenvalue weighted by atomic mass is 10.3. The maximum absolute atomic E-state index is 13.0. The zero-order valence-corrected chi connectivity index (χ0v) is 14.8. The first-order chi connectivity index (χ1) is 12.2. The Kier molecular flexibility index (Phi) is 5.72. The highest BCUT2D eigenvalue weighted by molar-refractivity contribution is 7.99. The van der Waals surface area contributed by atoms with Gasteiger partial charge in [0, 0.05) is 0 Å². The number of benzene rings is 1. The highest BCUT2D eigenvalue weighted by Crippen LogP contribution is 2.25. The Labute approximate surface area is 152 Å². The normalized spacial score (nSPS) is 11.3. The summed E-state index contributed by atoms with van der Waals surface area (Å²) in [5, 5.41) is 13.0. The van der Waals surface area contributed by atoms with E-state index in [1.807, 2.05) is 6.92 Å². The number of halogens is 2. The minimum atomic E-state index is -0.413. The largest absolute Gasteiger partial charge is 0.484 e. The van der Waals surface area contributed by atoms with Crippen LogP contribution in [0.1, 0.15) is 18.4 Å². The third-order valence-corrected chi connectivity index (χ3v) is 4.14. The van der Waals surface area contributed by atoms with E-state index >= 15 is 0 Å². The lowest BCUT2D eigenvalue weighted by molar-refractivity contribution is 0.269. The van der Waals surface area contributed by atoms with Gasteiger partial charge in [0.2, 0.25) is 5.16 Å². The highest BCUT2D eigenvalue weighted by Gasteiger charge is 2.06. The molecule has 130 valence electrons. The second-order valence-electron chi connectivity index (χ2n) is 4.80. The average Bonchev–Trinajstić information content (AvgIpc) is 3.22. The first-order valence-electron chi connectivity index (χ1n) is 7.39. The number of hydrogen-bond acceptors (Lipinski definition) is 6. The molecule has 1 aromatic carbocycles. The van der Waals surface area contributed by atoms with Crippen molar-refractivity contribution in [3.8, 4) is 5.75 Å².